The summed E-state index contributed by atoms with van der Waals surface area (Å²) >= 11 is 2.92. The van der Waals surface area contributed by atoms with Crippen LogP contribution in [-0.2, 0) is 4.79 Å². The second-order valence-corrected chi connectivity index (χ2v) is 7.24. The Bertz CT molecular complexity index is 692. The summed E-state index contributed by atoms with van der Waals surface area (Å²) in [4.78, 5) is 22.2. The van der Waals surface area contributed by atoms with E-state index in [2.05, 4.69) is 9.97 Å². The van der Waals surface area contributed by atoms with Crippen molar-refractivity contribution in [1.29, 1.82) is 0 Å². The molecule has 0 aliphatic heterocycles. The van der Waals surface area contributed by atoms with Crippen molar-refractivity contribution in [3.8, 4) is 10.6 Å². The molecule has 2 N–H and O–H groups in total. The van der Waals surface area contributed by atoms with E-state index in [1.807, 2.05) is 20.1 Å². The number of nitrogens with zero attached hydrogens (tertiary/aromatic N) is 3. The second-order valence-electron chi connectivity index (χ2n) is 4.99. The van der Waals surface area contributed by atoms with Gasteiger partial charge in [-0.1, -0.05) is 18.3 Å². The number of pyridine rings is 1. The lowest BCUT2D eigenvalue weighted by molar-refractivity contribution is -0.118. The van der Waals surface area contributed by atoms with E-state index >= 15 is 0 Å². The number of halogens is 1. The molecule has 2 rings (SSSR count). The summed E-state index contributed by atoms with van der Waals surface area (Å²) in [6.45, 7) is 4.41. The van der Waals surface area contributed by atoms with Gasteiger partial charge in [0.15, 0.2) is 5.82 Å². The van der Waals surface area contributed by atoms with Gasteiger partial charge in [-0.3, -0.25) is 9.78 Å². The van der Waals surface area contributed by atoms with Crippen molar-refractivity contribution in [2.45, 2.75) is 25.5 Å². The monoisotopic (exact) mass is 354 g/mol. The van der Waals surface area contributed by atoms with Crippen LogP contribution < -0.4 is 10.6 Å². The molecule has 0 spiro atoms. The third kappa shape index (κ3) is 4.20. The van der Waals surface area contributed by atoms with Crippen LogP contribution in [0.2, 0.25) is 0 Å². The second kappa shape index (κ2) is 7.74. The molecule has 1 amide bonds. The Morgan fingerprint density at radius 2 is 2.26 bits per heavy atom. The van der Waals surface area contributed by atoms with Crippen LogP contribution in [-0.4, -0.2) is 33.9 Å². The van der Waals surface area contributed by atoms with Crippen LogP contribution in [0, 0.1) is 5.82 Å². The van der Waals surface area contributed by atoms with Gasteiger partial charge in [-0.2, -0.15) is 11.8 Å². The SMILES string of the molecule is CCN(C(=O)CC(C)SC)c1sc(-c2cncc(F)c2)nc1N. The minimum Gasteiger partial charge on any atom is -0.381 e. The molecule has 0 radical (unpaired) electrons. The number of hydrogen-bond acceptors (Lipinski definition) is 6. The summed E-state index contributed by atoms with van der Waals surface area (Å²) in [5.74, 6) is -0.148. The number of nitrogen functional groups attached to an aromatic ring is 1. The number of thiazole rings is 1. The van der Waals surface area contributed by atoms with Gasteiger partial charge in [0.2, 0.25) is 5.91 Å². The minimum absolute atomic E-state index is 0.00798. The summed E-state index contributed by atoms with van der Waals surface area (Å²) in [7, 11) is 0. The molecule has 0 saturated carbocycles. The first kappa shape index (κ1) is 17.7. The van der Waals surface area contributed by atoms with Gasteiger partial charge in [-0.15, -0.1) is 0 Å². The third-order valence-corrected chi connectivity index (χ3v) is 5.43. The first-order chi connectivity index (χ1) is 11.0. The largest absolute Gasteiger partial charge is 0.381 e. The Labute approximate surface area is 143 Å². The predicted molar refractivity (Wildman–Crippen MR) is 95.3 cm³/mol. The van der Waals surface area contributed by atoms with Gasteiger partial charge in [-0.25, -0.2) is 9.37 Å². The number of carbonyl (C=O) groups excluding carboxylic acids is 1. The van der Waals surface area contributed by atoms with Gasteiger partial charge >= 0.3 is 0 Å². The molecule has 1 unspecified atom stereocenters. The zero-order valence-electron chi connectivity index (χ0n) is 13.2. The molecule has 0 saturated heterocycles. The number of aromatic nitrogens is 2. The molecule has 0 aromatic carbocycles. The highest BCUT2D eigenvalue weighted by Gasteiger charge is 2.22. The molecular formula is C15H19FN4OS2. The molecule has 124 valence electrons. The van der Waals surface area contributed by atoms with Crippen molar-refractivity contribution in [2.24, 2.45) is 0 Å². The lowest BCUT2D eigenvalue weighted by Gasteiger charge is -2.20. The van der Waals surface area contributed by atoms with Gasteiger partial charge in [-0.05, 0) is 19.2 Å². The van der Waals surface area contributed by atoms with E-state index in [1.165, 1.54) is 23.6 Å². The quantitative estimate of drug-likeness (QED) is 0.860. The first-order valence-electron chi connectivity index (χ1n) is 7.16. The van der Waals surface area contributed by atoms with Crippen molar-refractivity contribution in [3.63, 3.8) is 0 Å². The molecular weight excluding hydrogens is 335 g/mol. The van der Waals surface area contributed by atoms with Crippen LogP contribution in [0.3, 0.4) is 0 Å². The zero-order valence-corrected chi connectivity index (χ0v) is 14.9. The van der Waals surface area contributed by atoms with Gasteiger partial charge in [0.1, 0.15) is 15.8 Å². The maximum Gasteiger partial charge on any atom is 0.228 e. The maximum absolute atomic E-state index is 13.3. The van der Waals surface area contributed by atoms with Gasteiger partial charge in [0.05, 0.1) is 6.20 Å². The van der Waals surface area contributed by atoms with E-state index < -0.39 is 5.82 Å². The van der Waals surface area contributed by atoms with Gasteiger partial charge < -0.3 is 10.6 Å². The number of hydrogen-bond donors (Lipinski definition) is 1. The predicted octanol–water partition coefficient (Wildman–Crippen LogP) is 3.42. The molecule has 2 aromatic heterocycles. The normalized spacial score (nSPS) is 12.2. The molecule has 23 heavy (non-hydrogen) atoms. The van der Waals surface area contributed by atoms with Crippen molar-refractivity contribution in [1.82, 2.24) is 9.97 Å². The Morgan fingerprint density at radius 1 is 1.52 bits per heavy atom. The standard InChI is InChI=1S/C15H19FN4OS2/c1-4-20(12(21)5-9(2)22-3)15-13(17)19-14(23-15)10-6-11(16)8-18-7-10/h6-9H,4-5,17H2,1-3H3. The Hall–Kier alpha value is -1.67. The molecule has 0 fully saturated rings. The molecule has 2 aromatic rings. The average Bonchev–Trinajstić information content (AvgIpc) is 2.90. The Morgan fingerprint density at radius 3 is 2.87 bits per heavy atom. The molecule has 0 bridgehead atoms. The molecule has 2 heterocycles. The number of carbonyl (C=O) groups is 1. The fourth-order valence-electron chi connectivity index (χ4n) is 2.04. The fraction of sp³-hybridized carbons (Fsp3) is 0.400. The van der Waals surface area contributed by atoms with Crippen molar-refractivity contribution in [2.75, 3.05) is 23.4 Å². The highest BCUT2D eigenvalue weighted by Crippen LogP contribution is 2.36. The van der Waals surface area contributed by atoms with Gasteiger partial charge in [0.25, 0.3) is 0 Å². The summed E-state index contributed by atoms with van der Waals surface area (Å²) < 4.78 is 13.3. The van der Waals surface area contributed by atoms with Crippen LogP contribution >= 0.6 is 23.1 Å². The number of amides is 1. The number of thioether (sulfide) groups is 1. The van der Waals surface area contributed by atoms with Crippen LogP contribution in [0.1, 0.15) is 20.3 Å². The smallest absolute Gasteiger partial charge is 0.228 e. The van der Waals surface area contributed by atoms with E-state index in [1.54, 1.807) is 16.7 Å². The summed E-state index contributed by atoms with van der Waals surface area (Å²) in [6, 6.07) is 1.35. The average molecular weight is 354 g/mol. The number of nitrogens with two attached hydrogens (primary N) is 1. The van der Waals surface area contributed by atoms with Crippen LogP contribution in [0.15, 0.2) is 18.5 Å². The lowest BCUT2D eigenvalue weighted by atomic mass is 10.3. The highest BCUT2D eigenvalue weighted by molar-refractivity contribution is 7.99. The molecule has 0 aliphatic carbocycles. The first-order valence-corrected chi connectivity index (χ1v) is 9.27. The Balaban J connectivity index is 2.30. The van der Waals surface area contributed by atoms with Crippen LogP contribution in [0.25, 0.3) is 10.6 Å². The Kier molecular flexibility index (Phi) is 5.95. The maximum atomic E-state index is 13.3. The summed E-state index contributed by atoms with van der Waals surface area (Å²) in [5.41, 5.74) is 6.53. The van der Waals surface area contributed by atoms with Crippen molar-refractivity contribution in [3.05, 3.63) is 24.3 Å². The van der Waals surface area contributed by atoms with Crippen molar-refractivity contribution >= 4 is 39.8 Å². The van der Waals surface area contributed by atoms with E-state index in [4.69, 9.17) is 5.73 Å². The van der Waals surface area contributed by atoms with E-state index in [0.717, 1.165) is 6.20 Å². The molecule has 5 nitrogen and oxygen atoms in total. The topological polar surface area (TPSA) is 72.1 Å². The highest BCUT2D eigenvalue weighted by atomic mass is 32.2. The number of anilines is 2. The summed E-state index contributed by atoms with van der Waals surface area (Å²) in [6.07, 6.45) is 5.07. The van der Waals surface area contributed by atoms with E-state index in [9.17, 15) is 9.18 Å². The van der Waals surface area contributed by atoms with Gasteiger partial charge in [0, 0.05) is 30.0 Å². The fourth-order valence-corrected chi connectivity index (χ4v) is 3.40. The molecule has 0 aliphatic rings. The third-order valence-electron chi connectivity index (χ3n) is 3.31. The van der Waals surface area contributed by atoms with E-state index in [-0.39, 0.29) is 17.0 Å². The molecule has 1 atom stereocenters. The zero-order chi connectivity index (χ0) is 17.0. The van der Waals surface area contributed by atoms with Crippen LogP contribution in [0.5, 0.6) is 0 Å². The van der Waals surface area contributed by atoms with Crippen molar-refractivity contribution < 1.29 is 9.18 Å². The minimum atomic E-state index is -0.435. The van der Waals surface area contributed by atoms with Crippen LogP contribution in [0.4, 0.5) is 15.2 Å². The summed E-state index contributed by atoms with van der Waals surface area (Å²) in [5, 5.41) is 1.39. The lowest BCUT2D eigenvalue weighted by Crippen LogP contribution is -2.32. The van der Waals surface area contributed by atoms with E-state index in [0.29, 0.717) is 28.5 Å². The molecule has 8 heteroatoms. The number of rotatable bonds is 6.